The summed E-state index contributed by atoms with van der Waals surface area (Å²) in [7, 11) is 0. The lowest BCUT2D eigenvalue weighted by atomic mass is 10.1. The minimum Gasteiger partial charge on any atom is -0.397 e. The van der Waals surface area contributed by atoms with E-state index in [0.717, 1.165) is 37.7 Å². The zero-order chi connectivity index (χ0) is 14.9. The Labute approximate surface area is 131 Å². The van der Waals surface area contributed by atoms with Gasteiger partial charge in [-0.1, -0.05) is 6.07 Å². The number of pyridine rings is 3. The molecule has 0 aliphatic carbocycles. The fraction of sp³-hybridized carbons (Fsp3) is 0. The SMILES string of the molecule is Nc1c(-c2ccccn2)sc2nc(-c3ccncc3)ccc12. The standard InChI is InChI=1S/C17H12N4S/c18-15-12-4-5-13(11-6-9-19-10-7-11)21-17(12)22-16(15)14-3-1-2-8-20-14/h1-10H,18H2. The molecule has 0 bridgehead atoms. The van der Waals surface area contributed by atoms with Crippen LogP contribution in [0.15, 0.2) is 61.1 Å². The smallest absolute Gasteiger partial charge is 0.126 e. The van der Waals surface area contributed by atoms with Gasteiger partial charge < -0.3 is 5.73 Å². The summed E-state index contributed by atoms with van der Waals surface area (Å²) in [6.45, 7) is 0. The minimum absolute atomic E-state index is 0.743. The molecule has 22 heavy (non-hydrogen) atoms. The lowest BCUT2D eigenvalue weighted by molar-refractivity contribution is 1.31. The molecule has 0 radical (unpaired) electrons. The van der Waals surface area contributed by atoms with Crippen molar-refractivity contribution in [2.45, 2.75) is 0 Å². The Morgan fingerprint density at radius 3 is 2.50 bits per heavy atom. The van der Waals surface area contributed by atoms with E-state index in [9.17, 15) is 0 Å². The van der Waals surface area contributed by atoms with Crippen molar-refractivity contribution in [3.05, 3.63) is 61.1 Å². The highest BCUT2D eigenvalue weighted by molar-refractivity contribution is 7.22. The number of nitrogens with two attached hydrogens (primary N) is 1. The van der Waals surface area contributed by atoms with Crippen LogP contribution in [0.1, 0.15) is 0 Å². The van der Waals surface area contributed by atoms with Crippen LogP contribution in [0.25, 0.3) is 32.0 Å². The van der Waals surface area contributed by atoms with Crippen molar-refractivity contribution in [1.29, 1.82) is 0 Å². The van der Waals surface area contributed by atoms with E-state index in [1.54, 1.807) is 29.9 Å². The number of fused-ring (bicyclic) bond motifs is 1. The van der Waals surface area contributed by atoms with Crippen molar-refractivity contribution in [3.8, 4) is 21.8 Å². The molecular formula is C17H12N4S. The summed E-state index contributed by atoms with van der Waals surface area (Å²) < 4.78 is 0. The summed E-state index contributed by atoms with van der Waals surface area (Å²) in [5.41, 5.74) is 9.87. The van der Waals surface area contributed by atoms with Gasteiger partial charge in [0.2, 0.25) is 0 Å². The van der Waals surface area contributed by atoms with Gasteiger partial charge in [-0.15, -0.1) is 11.3 Å². The molecule has 4 nitrogen and oxygen atoms in total. The number of anilines is 1. The summed E-state index contributed by atoms with van der Waals surface area (Å²) in [4.78, 5) is 15.0. The van der Waals surface area contributed by atoms with Crippen molar-refractivity contribution in [3.63, 3.8) is 0 Å². The van der Waals surface area contributed by atoms with E-state index in [0.29, 0.717) is 0 Å². The van der Waals surface area contributed by atoms with Gasteiger partial charge in [-0.25, -0.2) is 4.98 Å². The maximum atomic E-state index is 6.28. The molecular weight excluding hydrogens is 292 g/mol. The van der Waals surface area contributed by atoms with Gasteiger partial charge in [-0.3, -0.25) is 9.97 Å². The number of hydrogen-bond donors (Lipinski definition) is 1. The van der Waals surface area contributed by atoms with Crippen LogP contribution in [-0.4, -0.2) is 15.0 Å². The van der Waals surface area contributed by atoms with Gasteiger partial charge in [0.15, 0.2) is 0 Å². The van der Waals surface area contributed by atoms with E-state index >= 15 is 0 Å². The number of rotatable bonds is 2. The second-order valence-corrected chi connectivity index (χ2v) is 5.84. The molecule has 4 rings (SSSR count). The van der Waals surface area contributed by atoms with E-state index in [4.69, 9.17) is 10.7 Å². The zero-order valence-electron chi connectivity index (χ0n) is 11.6. The second-order valence-electron chi connectivity index (χ2n) is 4.84. The van der Waals surface area contributed by atoms with Gasteiger partial charge in [0.1, 0.15) is 4.83 Å². The molecule has 0 atom stereocenters. The summed E-state index contributed by atoms with van der Waals surface area (Å²) in [6, 6.07) is 13.7. The third-order valence-electron chi connectivity index (χ3n) is 3.47. The molecule has 4 aromatic heterocycles. The fourth-order valence-electron chi connectivity index (χ4n) is 2.37. The first kappa shape index (κ1) is 12.9. The lowest BCUT2D eigenvalue weighted by Crippen LogP contribution is -1.88. The molecule has 0 fully saturated rings. The van der Waals surface area contributed by atoms with Gasteiger partial charge in [0, 0.05) is 29.5 Å². The maximum Gasteiger partial charge on any atom is 0.126 e. The van der Waals surface area contributed by atoms with Crippen molar-refractivity contribution in [2.75, 3.05) is 5.73 Å². The van der Waals surface area contributed by atoms with E-state index in [1.165, 1.54) is 0 Å². The van der Waals surface area contributed by atoms with Crippen molar-refractivity contribution in [1.82, 2.24) is 15.0 Å². The molecule has 0 saturated heterocycles. The van der Waals surface area contributed by atoms with Crippen LogP contribution in [0.4, 0.5) is 5.69 Å². The van der Waals surface area contributed by atoms with Crippen LogP contribution in [0, 0.1) is 0 Å². The summed E-state index contributed by atoms with van der Waals surface area (Å²) in [5, 5.41) is 0.975. The van der Waals surface area contributed by atoms with Crippen LogP contribution >= 0.6 is 11.3 Å². The van der Waals surface area contributed by atoms with Crippen LogP contribution in [0.5, 0.6) is 0 Å². The Morgan fingerprint density at radius 1 is 0.864 bits per heavy atom. The van der Waals surface area contributed by atoms with E-state index in [-0.39, 0.29) is 0 Å². The molecule has 0 aliphatic rings. The highest BCUT2D eigenvalue weighted by Crippen LogP contribution is 2.39. The number of nitrogens with zero attached hydrogens (tertiary/aromatic N) is 3. The lowest BCUT2D eigenvalue weighted by Gasteiger charge is -2.00. The average Bonchev–Trinajstić information content (AvgIpc) is 2.93. The number of hydrogen-bond acceptors (Lipinski definition) is 5. The monoisotopic (exact) mass is 304 g/mol. The highest BCUT2D eigenvalue weighted by atomic mass is 32.1. The first-order chi connectivity index (χ1) is 10.8. The quantitative estimate of drug-likeness (QED) is 0.608. The van der Waals surface area contributed by atoms with Crippen LogP contribution < -0.4 is 5.73 Å². The van der Waals surface area contributed by atoms with Crippen molar-refractivity contribution < 1.29 is 0 Å². The zero-order valence-corrected chi connectivity index (χ0v) is 12.4. The van der Waals surface area contributed by atoms with Crippen molar-refractivity contribution >= 4 is 27.2 Å². The van der Waals surface area contributed by atoms with Gasteiger partial charge in [-0.2, -0.15) is 0 Å². The molecule has 5 heteroatoms. The Kier molecular flexibility index (Phi) is 3.05. The molecule has 0 spiro atoms. The van der Waals surface area contributed by atoms with Gasteiger partial charge >= 0.3 is 0 Å². The summed E-state index contributed by atoms with van der Waals surface area (Å²) in [6.07, 6.45) is 5.31. The molecule has 0 aromatic carbocycles. The first-order valence-corrected chi connectivity index (χ1v) is 7.65. The Hall–Kier alpha value is -2.79. The van der Waals surface area contributed by atoms with Gasteiger partial charge in [0.05, 0.1) is 22.0 Å². The highest BCUT2D eigenvalue weighted by Gasteiger charge is 2.13. The van der Waals surface area contributed by atoms with Gasteiger partial charge in [0.25, 0.3) is 0 Å². The predicted octanol–water partition coefficient (Wildman–Crippen LogP) is 4.00. The predicted molar refractivity (Wildman–Crippen MR) is 90.5 cm³/mol. The fourth-order valence-corrected chi connectivity index (χ4v) is 3.44. The van der Waals surface area contributed by atoms with Crippen molar-refractivity contribution in [2.24, 2.45) is 0 Å². The van der Waals surface area contributed by atoms with Crippen LogP contribution in [0.3, 0.4) is 0 Å². The minimum atomic E-state index is 0.743. The molecule has 4 aromatic rings. The summed E-state index contributed by atoms with van der Waals surface area (Å²) >= 11 is 1.57. The Balaban J connectivity index is 1.88. The normalized spacial score (nSPS) is 10.9. The molecule has 106 valence electrons. The molecule has 4 heterocycles. The largest absolute Gasteiger partial charge is 0.397 e. The molecule has 0 aliphatic heterocycles. The topological polar surface area (TPSA) is 64.7 Å². The number of thiophene rings is 1. The Bertz CT molecular complexity index is 933. The van der Waals surface area contributed by atoms with Gasteiger partial charge in [-0.05, 0) is 36.4 Å². The average molecular weight is 304 g/mol. The molecule has 2 N–H and O–H groups in total. The van der Waals surface area contributed by atoms with E-state index in [2.05, 4.69) is 9.97 Å². The Morgan fingerprint density at radius 2 is 1.73 bits per heavy atom. The molecule has 0 amide bonds. The first-order valence-electron chi connectivity index (χ1n) is 6.84. The van der Waals surface area contributed by atoms with Crippen LogP contribution in [0.2, 0.25) is 0 Å². The van der Waals surface area contributed by atoms with Crippen LogP contribution in [-0.2, 0) is 0 Å². The number of aromatic nitrogens is 3. The second kappa shape index (κ2) is 5.20. The molecule has 0 unspecified atom stereocenters. The number of nitrogen functional groups attached to an aromatic ring is 1. The van der Waals surface area contributed by atoms with E-state index in [1.807, 2.05) is 42.5 Å². The van der Waals surface area contributed by atoms with E-state index < -0.39 is 0 Å². The third-order valence-corrected chi connectivity index (χ3v) is 4.61. The summed E-state index contributed by atoms with van der Waals surface area (Å²) in [5.74, 6) is 0. The maximum absolute atomic E-state index is 6.28. The molecule has 0 saturated carbocycles. The third kappa shape index (κ3) is 2.12.